The van der Waals surface area contributed by atoms with Crippen molar-refractivity contribution in [3.05, 3.63) is 12.7 Å². The van der Waals surface area contributed by atoms with E-state index in [9.17, 15) is 4.79 Å². The molecule has 0 bridgehead atoms. The predicted octanol–water partition coefficient (Wildman–Crippen LogP) is 0.938. The van der Waals surface area contributed by atoms with Gasteiger partial charge in [0.05, 0.1) is 5.92 Å². The quantitative estimate of drug-likeness (QED) is 0.717. The van der Waals surface area contributed by atoms with Crippen LogP contribution in [0.1, 0.15) is 20.3 Å². The van der Waals surface area contributed by atoms with E-state index >= 15 is 0 Å². The Bertz CT molecular complexity index is 270. The second-order valence-corrected chi connectivity index (χ2v) is 5.48. The summed E-state index contributed by atoms with van der Waals surface area (Å²) in [7, 11) is 0. The monoisotopic (exact) mass is 253 g/mol. The van der Waals surface area contributed by atoms with Gasteiger partial charge in [-0.15, -0.1) is 6.58 Å². The lowest BCUT2D eigenvalue weighted by atomic mass is 9.95. The van der Waals surface area contributed by atoms with Gasteiger partial charge in [-0.25, -0.2) is 0 Å². The minimum Gasteiger partial charge on any atom is -0.340 e. The van der Waals surface area contributed by atoms with Crippen molar-refractivity contribution in [1.82, 2.24) is 9.80 Å². The van der Waals surface area contributed by atoms with Gasteiger partial charge in [-0.2, -0.15) is 0 Å². The summed E-state index contributed by atoms with van der Waals surface area (Å²) in [4.78, 5) is 16.6. The van der Waals surface area contributed by atoms with Gasteiger partial charge in [-0.3, -0.25) is 9.69 Å². The summed E-state index contributed by atoms with van der Waals surface area (Å²) < 4.78 is 0. The molecule has 0 aromatic heterocycles. The van der Waals surface area contributed by atoms with Crippen LogP contribution >= 0.6 is 0 Å². The molecule has 4 heteroatoms. The summed E-state index contributed by atoms with van der Waals surface area (Å²) in [6, 6.07) is 0. The van der Waals surface area contributed by atoms with Crippen molar-refractivity contribution in [2.45, 2.75) is 20.3 Å². The van der Waals surface area contributed by atoms with Gasteiger partial charge < -0.3 is 10.6 Å². The van der Waals surface area contributed by atoms with Crippen LogP contribution in [0, 0.1) is 11.8 Å². The molecule has 0 radical (unpaired) electrons. The molecule has 1 fully saturated rings. The van der Waals surface area contributed by atoms with Crippen molar-refractivity contribution in [1.29, 1.82) is 0 Å². The van der Waals surface area contributed by atoms with Crippen LogP contribution in [0.5, 0.6) is 0 Å². The Morgan fingerprint density at radius 3 is 2.39 bits per heavy atom. The lowest BCUT2D eigenvalue weighted by molar-refractivity contribution is -0.137. The summed E-state index contributed by atoms with van der Waals surface area (Å²) in [5.74, 6) is 0.755. The zero-order valence-electron chi connectivity index (χ0n) is 11.8. The van der Waals surface area contributed by atoms with Crippen LogP contribution in [0.2, 0.25) is 0 Å². The molecular formula is C14H27N3O. The number of nitrogens with zero attached hydrogens (tertiary/aromatic N) is 2. The molecule has 1 aliphatic rings. The Morgan fingerprint density at radius 2 is 1.94 bits per heavy atom. The van der Waals surface area contributed by atoms with E-state index in [-0.39, 0.29) is 11.8 Å². The SMILES string of the molecule is C=CCN1CCN(C(=O)C(CN)CC(C)C)CC1. The van der Waals surface area contributed by atoms with E-state index < -0.39 is 0 Å². The number of hydrogen-bond donors (Lipinski definition) is 1. The maximum atomic E-state index is 12.3. The predicted molar refractivity (Wildman–Crippen MR) is 75.2 cm³/mol. The number of nitrogens with two attached hydrogens (primary N) is 1. The number of piperazine rings is 1. The van der Waals surface area contributed by atoms with Crippen LogP contribution in [0.4, 0.5) is 0 Å². The summed E-state index contributed by atoms with van der Waals surface area (Å²) >= 11 is 0. The first-order chi connectivity index (χ1) is 8.58. The van der Waals surface area contributed by atoms with Gasteiger partial charge in [0.15, 0.2) is 0 Å². The molecule has 4 nitrogen and oxygen atoms in total. The summed E-state index contributed by atoms with van der Waals surface area (Å²) in [6.07, 6.45) is 2.81. The van der Waals surface area contributed by atoms with Crippen LogP contribution in [0.25, 0.3) is 0 Å². The van der Waals surface area contributed by atoms with Crippen molar-refractivity contribution in [3.8, 4) is 0 Å². The van der Waals surface area contributed by atoms with Crippen molar-refractivity contribution in [2.24, 2.45) is 17.6 Å². The Labute approximate surface area is 111 Å². The lowest BCUT2D eigenvalue weighted by Gasteiger charge is -2.36. The van der Waals surface area contributed by atoms with Crippen LogP contribution in [-0.2, 0) is 4.79 Å². The maximum Gasteiger partial charge on any atom is 0.227 e. The minimum atomic E-state index is -0.00375. The zero-order chi connectivity index (χ0) is 13.5. The van der Waals surface area contributed by atoms with Crippen molar-refractivity contribution in [3.63, 3.8) is 0 Å². The molecule has 1 rings (SSSR count). The van der Waals surface area contributed by atoms with Gasteiger partial charge in [0.2, 0.25) is 5.91 Å². The number of amides is 1. The molecule has 104 valence electrons. The molecule has 1 amide bonds. The highest BCUT2D eigenvalue weighted by molar-refractivity contribution is 5.79. The molecule has 1 saturated heterocycles. The van der Waals surface area contributed by atoms with Crippen LogP contribution in [0.3, 0.4) is 0 Å². The summed E-state index contributed by atoms with van der Waals surface area (Å²) in [6.45, 7) is 12.9. The van der Waals surface area contributed by atoms with Crippen LogP contribution in [-0.4, -0.2) is 55.0 Å². The van der Waals surface area contributed by atoms with E-state index in [1.807, 2.05) is 11.0 Å². The summed E-state index contributed by atoms with van der Waals surface area (Å²) in [5.41, 5.74) is 5.73. The van der Waals surface area contributed by atoms with Crippen LogP contribution in [0.15, 0.2) is 12.7 Å². The lowest BCUT2D eigenvalue weighted by Crippen LogP contribution is -2.51. The smallest absolute Gasteiger partial charge is 0.227 e. The fraction of sp³-hybridized carbons (Fsp3) is 0.786. The first kappa shape index (κ1) is 15.2. The Morgan fingerprint density at radius 1 is 1.33 bits per heavy atom. The average Bonchev–Trinajstić information content (AvgIpc) is 2.36. The highest BCUT2D eigenvalue weighted by Crippen LogP contribution is 2.15. The van der Waals surface area contributed by atoms with E-state index in [1.165, 1.54) is 0 Å². The first-order valence-electron chi connectivity index (χ1n) is 6.90. The third-order valence-electron chi connectivity index (χ3n) is 3.46. The third kappa shape index (κ3) is 4.42. The largest absolute Gasteiger partial charge is 0.340 e. The van der Waals surface area contributed by atoms with Gasteiger partial charge in [0, 0.05) is 39.3 Å². The third-order valence-corrected chi connectivity index (χ3v) is 3.46. The van der Waals surface area contributed by atoms with Crippen molar-refractivity contribution < 1.29 is 4.79 Å². The Balaban J connectivity index is 2.45. The fourth-order valence-corrected chi connectivity index (χ4v) is 2.46. The molecule has 1 aliphatic heterocycles. The minimum absolute atomic E-state index is 0.00375. The van der Waals surface area contributed by atoms with E-state index in [4.69, 9.17) is 5.73 Å². The molecule has 0 aliphatic carbocycles. The van der Waals surface area contributed by atoms with Gasteiger partial charge in [0.25, 0.3) is 0 Å². The molecule has 2 N–H and O–H groups in total. The highest BCUT2D eigenvalue weighted by atomic mass is 16.2. The Hall–Kier alpha value is -0.870. The molecular weight excluding hydrogens is 226 g/mol. The topological polar surface area (TPSA) is 49.6 Å². The van der Waals surface area contributed by atoms with E-state index in [0.717, 1.165) is 39.1 Å². The van der Waals surface area contributed by atoms with E-state index in [1.54, 1.807) is 0 Å². The average molecular weight is 253 g/mol. The zero-order valence-corrected chi connectivity index (χ0v) is 11.8. The fourth-order valence-electron chi connectivity index (χ4n) is 2.46. The number of carbonyl (C=O) groups is 1. The first-order valence-corrected chi connectivity index (χ1v) is 6.90. The number of rotatable bonds is 6. The van der Waals surface area contributed by atoms with E-state index in [2.05, 4.69) is 25.3 Å². The molecule has 1 atom stereocenters. The van der Waals surface area contributed by atoms with Crippen molar-refractivity contribution in [2.75, 3.05) is 39.3 Å². The maximum absolute atomic E-state index is 12.3. The molecule has 0 aromatic carbocycles. The van der Waals surface area contributed by atoms with Gasteiger partial charge in [-0.1, -0.05) is 19.9 Å². The second kappa shape index (κ2) is 7.54. The molecule has 0 spiro atoms. The molecule has 1 unspecified atom stereocenters. The van der Waals surface area contributed by atoms with Gasteiger partial charge >= 0.3 is 0 Å². The normalized spacial score (nSPS) is 19.0. The van der Waals surface area contributed by atoms with Crippen LogP contribution < -0.4 is 5.73 Å². The van der Waals surface area contributed by atoms with Gasteiger partial charge in [0.1, 0.15) is 0 Å². The molecule has 0 aromatic rings. The summed E-state index contributed by atoms with van der Waals surface area (Å²) in [5, 5.41) is 0. The standard InChI is InChI=1S/C14H27N3O/c1-4-5-16-6-8-17(9-7-16)14(18)13(11-15)10-12(2)3/h4,12-13H,1,5-11,15H2,2-3H3. The molecule has 0 saturated carbocycles. The number of hydrogen-bond acceptors (Lipinski definition) is 3. The van der Waals surface area contributed by atoms with E-state index in [0.29, 0.717) is 12.5 Å². The highest BCUT2D eigenvalue weighted by Gasteiger charge is 2.26. The molecule has 1 heterocycles. The van der Waals surface area contributed by atoms with Crippen molar-refractivity contribution >= 4 is 5.91 Å². The number of carbonyl (C=O) groups excluding carboxylic acids is 1. The Kier molecular flexibility index (Phi) is 6.36. The van der Waals surface area contributed by atoms with Gasteiger partial charge in [-0.05, 0) is 12.3 Å². The molecule has 18 heavy (non-hydrogen) atoms. The second-order valence-electron chi connectivity index (χ2n) is 5.48.